The van der Waals surface area contributed by atoms with E-state index in [4.69, 9.17) is 30.5 Å². The highest BCUT2D eigenvalue weighted by Crippen LogP contribution is 2.30. The number of hydrogen-bond acceptors (Lipinski definition) is 6. The highest BCUT2D eigenvalue weighted by atomic mass is 35.5. The standard InChI is InChI=1S/C22H19ClN2O6/c1-28-14-6-10-16(11-7-14)30-21(26)24-18-4-3-5-19(20(18)23)25-22(27)31-17-12-8-15(29-2)9-13-17/h3-13H,1-2H3,(H,24,26)(H,25,27). The van der Waals surface area contributed by atoms with Crippen LogP contribution in [0.1, 0.15) is 0 Å². The van der Waals surface area contributed by atoms with E-state index < -0.39 is 12.2 Å². The molecule has 0 aromatic heterocycles. The molecule has 0 spiro atoms. The Morgan fingerprint density at radius 3 is 1.35 bits per heavy atom. The SMILES string of the molecule is COc1ccc(OC(=O)Nc2cccc(NC(=O)Oc3ccc(OC)cc3)c2Cl)cc1. The zero-order valence-corrected chi connectivity index (χ0v) is 17.4. The summed E-state index contributed by atoms with van der Waals surface area (Å²) in [5.74, 6) is 1.92. The molecule has 0 heterocycles. The molecule has 160 valence electrons. The van der Waals surface area contributed by atoms with Crippen LogP contribution in [0, 0.1) is 0 Å². The zero-order valence-electron chi connectivity index (χ0n) is 16.7. The van der Waals surface area contributed by atoms with Crippen molar-refractivity contribution in [2.45, 2.75) is 0 Å². The molecule has 9 heteroatoms. The Hall–Kier alpha value is -3.91. The molecule has 0 fully saturated rings. The number of carbonyl (C=O) groups is 2. The van der Waals surface area contributed by atoms with Crippen LogP contribution in [0.4, 0.5) is 21.0 Å². The molecular formula is C22H19ClN2O6. The normalized spacial score (nSPS) is 10.0. The number of amides is 2. The van der Waals surface area contributed by atoms with Gasteiger partial charge in [-0.25, -0.2) is 9.59 Å². The van der Waals surface area contributed by atoms with E-state index in [0.717, 1.165) is 0 Å². The van der Waals surface area contributed by atoms with Gasteiger partial charge in [-0.3, -0.25) is 10.6 Å². The molecular weight excluding hydrogens is 424 g/mol. The second-order valence-electron chi connectivity index (χ2n) is 6.05. The predicted octanol–water partition coefficient (Wildman–Crippen LogP) is 5.58. The molecule has 3 aromatic rings. The summed E-state index contributed by atoms with van der Waals surface area (Å²) in [6.45, 7) is 0. The fourth-order valence-electron chi connectivity index (χ4n) is 2.50. The molecule has 0 aliphatic carbocycles. The zero-order chi connectivity index (χ0) is 22.2. The molecule has 2 amide bonds. The van der Waals surface area contributed by atoms with Gasteiger partial charge in [0.1, 0.15) is 23.0 Å². The Labute approximate surface area is 183 Å². The van der Waals surface area contributed by atoms with Crippen molar-refractivity contribution in [3.8, 4) is 23.0 Å². The van der Waals surface area contributed by atoms with Crippen LogP contribution in [0.25, 0.3) is 0 Å². The predicted molar refractivity (Wildman–Crippen MR) is 117 cm³/mol. The summed E-state index contributed by atoms with van der Waals surface area (Å²) >= 11 is 6.31. The summed E-state index contributed by atoms with van der Waals surface area (Å²) in [6.07, 6.45) is -1.49. The summed E-state index contributed by atoms with van der Waals surface area (Å²) < 4.78 is 20.5. The maximum atomic E-state index is 12.2. The Bertz CT molecular complexity index is 973. The lowest BCUT2D eigenvalue weighted by atomic mass is 10.2. The first-order chi connectivity index (χ1) is 15.0. The lowest BCUT2D eigenvalue weighted by molar-refractivity contribution is 0.214. The minimum Gasteiger partial charge on any atom is -0.497 e. The fourth-order valence-corrected chi connectivity index (χ4v) is 2.72. The van der Waals surface area contributed by atoms with E-state index in [-0.39, 0.29) is 16.4 Å². The largest absolute Gasteiger partial charge is 0.497 e. The molecule has 0 saturated carbocycles. The Balaban J connectivity index is 1.61. The number of halogens is 1. The van der Waals surface area contributed by atoms with Gasteiger partial charge in [-0.1, -0.05) is 17.7 Å². The van der Waals surface area contributed by atoms with Gasteiger partial charge in [-0.2, -0.15) is 0 Å². The number of ether oxygens (including phenoxy) is 4. The van der Waals surface area contributed by atoms with E-state index in [2.05, 4.69) is 10.6 Å². The molecule has 3 aromatic carbocycles. The lowest BCUT2D eigenvalue weighted by Gasteiger charge is -2.12. The summed E-state index contributed by atoms with van der Waals surface area (Å²) in [5, 5.41) is 5.18. The Morgan fingerprint density at radius 1 is 0.645 bits per heavy atom. The number of rotatable bonds is 6. The van der Waals surface area contributed by atoms with Crippen LogP contribution < -0.4 is 29.6 Å². The summed E-state index contributed by atoms with van der Waals surface area (Å²) in [5.41, 5.74) is 0.504. The third kappa shape index (κ3) is 6.03. The third-order valence-corrected chi connectivity index (χ3v) is 4.42. The van der Waals surface area contributed by atoms with Gasteiger partial charge in [0.2, 0.25) is 0 Å². The van der Waals surface area contributed by atoms with Crippen molar-refractivity contribution in [1.82, 2.24) is 0 Å². The van der Waals surface area contributed by atoms with Crippen LogP contribution in [-0.4, -0.2) is 26.4 Å². The maximum absolute atomic E-state index is 12.2. The van der Waals surface area contributed by atoms with Crippen molar-refractivity contribution < 1.29 is 28.5 Å². The van der Waals surface area contributed by atoms with Crippen LogP contribution in [0.3, 0.4) is 0 Å². The van der Waals surface area contributed by atoms with Crippen LogP contribution in [0.2, 0.25) is 5.02 Å². The quantitative estimate of drug-likeness (QED) is 0.517. The average molecular weight is 443 g/mol. The summed E-state index contributed by atoms with van der Waals surface area (Å²) in [6, 6.07) is 17.8. The molecule has 0 radical (unpaired) electrons. The number of anilines is 2. The highest BCUT2D eigenvalue weighted by Gasteiger charge is 2.14. The molecule has 0 aliphatic heterocycles. The number of hydrogen-bond donors (Lipinski definition) is 2. The van der Waals surface area contributed by atoms with Crippen molar-refractivity contribution in [3.63, 3.8) is 0 Å². The molecule has 3 rings (SSSR count). The van der Waals surface area contributed by atoms with E-state index >= 15 is 0 Å². The number of nitrogens with one attached hydrogen (secondary N) is 2. The van der Waals surface area contributed by atoms with Crippen molar-refractivity contribution in [2.24, 2.45) is 0 Å². The first-order valence-electron chi connectivity index (χ1n) is 9.03. The Morgan fingerprint density at radius 2 is 1.00 bits per heavy atom. The van der Waals surface area contributed by atoms with E-state index in [1.54, 1.807) is 80.9 Å². The number of carbonyl (C=O) groups excluding carboxylic acids is 2. The second-order valence-corrected chi connectivity index (χ2v) is 6.43. The van der Waals surface area contributed by atoms with Crippen molar-refractivity contribution in [3.05, 3.63) is 71.8 Å². The topological polar surface area (TPSA) is 95.1 Å². The van der Waals surface area contributed by atoms with E-state index in [9.17, 15) is 9.59 Å². The van der Waals surface area contributed by atoms with Crippen molar-refractivity contribution in [1.29, 1.82) is 0 Å². The Kier molecular flexibility index (Phi) is 7.18. The van der Waals surface area contributed by atoms with Gasteiger partial charge in [-0.05, 0) is 60.7 Å². The maximum Gasteiger partial charge on any atom is 0.417 e. The lowest BCUT2D eigenvalue weighted by Crippen LogP contribution is -2.19. The van der Waals surface area contributed by atoms with E-state index in [1.807, 2.05) is 0 Å². The van der Waals surface area contributed by atoms with Gasteiger partial charge in [-0.15, -0.1) is 0 Å². The van der Waals surface area contributed by atoms with Gasteiger partial charge in [0, 0.05) is 0 Å². The molecule has 0 saturated heterocycles. The van der Waals surface area contributed by atoms with E-state index in [0.29, 0.717) is 23.0 Å². The number of benzene rings is 3. The highest BCUT2D eigenvalue weighted by molar-refractivity contribution is 6.36. The fraction of sp³-hybridized carbons (Fsp3) is 0.0909. The molecule has 0 aliphatic rings. The third-order valence-electron chi connectivity index (χ3n) is 4.01. The van der Waals surface area contributed by atoms with Gasteiger partial charge in [0.05, 0.1) is 30.6 Å². The van der Waals surface area contributed by atoms with Crippen molar-refractivity contribution in [2.75, 3.05) is 24.9 Å². The molecule has 0 unspecified atom stereocenters. The van der Waals surface area contributed by atoms with Gasteiger partial charge in [0.15, 0.2) is 0 Å². The number of methoxy groups -OCH3 is 2. The molecule has 31 heavy (non-hydrogen) atoms. The van der Waals surface area contributed by atoms with Crippen LogP contribution in [0.15, 0.2) is 66.7 Å². The first-order valence-corrected chi connectivity index (χ1v) is 9.40. The average Bonchev–Trinajstić information content (AvgIpc) is 2.77. The van der Waals surface area contributed by atoms with Crippen LogP contribution >= 0.6 is 11.6 Å². The minimum absolute atomic E-state index is 0.112. The van der Waals surface area contributed by atoms with Crippen LogP contribution in [-0.2, 0) is 0 Å². The van der Waals surface area contributed by atoms with Gasteiger partial charge >= 0.3 is 12.2 Å². The first kappa shape index (κ1) is 21.8. The molecule has 2 N–H and O–H groups in total. The molecule has 8 nitrogen and oxygen atoms in total. The smallest absolute Gasteiger partial charge is 0.417 e. The summed E-state index contributed by atoms with van der Waals surface area (Å²) in [4.78, 5) is 24.3. The monoisotopic (exact) mass is 442 g/mol. The molecule has 0 bridgehead atoms. The molecule has 0 atom stereocenters. The van der Waals surface area contributed by atoms with Crippen LogP contribution in [0.5, 0.6) is 23.0 Å². The van der Waals surface area contributed by atoms with Gasteiger partial charge < -0.3 is 18.9 Å². The summed E-state index contributed by atoms with van der Waals surface area (Å²) in [7, 11) is 3.08. The second kappa shape index (κ2) is 10.2. The minimum atomic E-state index is -0.745. The van der Waals surface area contributed by atoms with Gasteiger partial charge in [0.25, 0.3) is 0 Å². The van der Waals surface area contributed by atoms with Crippen molar-refractivity contribution >= 4 is 35.2 Å². The van der Waals surface area contributed by atoms with E-state index in [1.165, 1.54) is 0 Å².